The van der Waals surface area contributed by atoms with Gasteiger partial charge in [-0.15, -0.1) is 0 Å². The van der Waals surface area contributed by atoms with Crippen LogP contribution in [0.2, 0.25) is 5.02 Å². The largest absolute Gasteiger partial charge is 0.494 e. The number of H-pyrrole nitrogens is 1. The lowest BCUT2D eigenvalue weighted by atomic mass is 9.97. The second-order valence-electron chi connectivity index (χ2n) is 7.26. The minimum absolute atomic E-state index is 0.0671. The molecule has 4 nitrogen and oxygen atoms in total. The smallest absolute Gasteiger partial charge is 0.280 e. The number of halogens is 1. The molecular formula is C25H17ClN2O2. The second kappa shape index (κ2) is 7.01. The van der Waals surface area contributed by atoms with Gasteiger partial charge in [0.25, 0.3) is 5.91 Å². The molecule has 0 spiro atoms. The van der Waals surface area contributed by atoms with E-state index in [4.69, 9.17) is 11.6 Å². The van der Waals surface area contributed by atoms with E-state index >= 15 is 0 Å². The number of carbonyl (C=O) groups excluding carboxylic acids is 1. The summed E-state index contributed by atoms with van der Waals surface area (Å²) in [4.78, 5) is 19.9. The molecule has 146 valence electrons. The Morgan fingerprint density at radius 1 is 0.833 bits per heavy atom. The molecule has 0 saturated carbocycles. The third-order valence-corrected chi connectivity index (χ3v) is 5.64. The zero-order valence-electron chi connectivity index (χ0n) is 16.1. The summed E-state index contributed by atoms with van der Waals surface area (Å²) in [6, 6.07) is 23.1. The predicted octanol–water partition coefficient (Wildman–Crippen LogP) is 6.01. The van der Waals surface area contributed by atoms with Crippen molar-refractivity contribution in [2.45, 2.75) is 6.92 Å². The molecule has 0 saturated heterocycles. The van der Waals surface area contributed by atoms with Crippen molar-refractivity contribution in [2.24, 2.45) is 4.99 Å². The summed E-state index contributed by atoms with van der Waals surface area (Å²) >= 11 is 5.97. The first-order valence-electron chi connectivity index (χ1n) is 9.53. The molecule has 0 radical (unpaired) electrons. The number of hydrogen-bond acceptors (Lipinski definition) is 2. The van der Waals surface area contributed by atoms with Gasteiger partial charge in [0.05, 0.1) is 22.5 Å². The molecule has 2 N–H and O–H groups in total. The van der Waals surface area contributed by atoms with Gasteiger partial charge in [-0.1, -0.05) is 72.3 Å². The van der Waals surface area contributed by atoms with Crippen molar-refractivity contribution in [3.8, 4) is 28.3 Å². The van der Waals surface area contributed by atoms with E-state index in [2.05, 4.69) is 29.0 Å². The molecule has 1 aliphatic heterocycles. The molecule has 0 bridgehead atoms. The fourth-order valence-electron chi connectivity index (χ4n) is 3.89. The van der Waals surface area contributed by atoms with Crippen LogP contribution in [0.1, 0.15) is 27.0 Å². The highest BCUT2D eigenvalue weighted by Crippen LogP contribution is 2.38. The number of amides is 1. The lowest BCUT2D eigenvalue weighted by molar-refractivity contribution is 0.101. The SMILES string of the molecule is Cc1ccccc1-c1ccc(-c2[nH]c(O)c3c2C(=O)N=C3c2ccc(Cl)cc2)cc1. The number of fused-ring (bicyclic) bond motifs is 1. The first-order valence-corrected chi connectivity index (χ1v) is 9.91. The monoisotopic (exact) mass is 412 g/mol. The number of aromatic nitrogens is 1. The van der Waals surface area contributed by atoms with Crippen LogP contribution in [0, 0.1) is 6.92 Å². The Bertz CT molecular complexity index is 1320. The fraction of sp³-hybridized carbons (Fsp3) is 0.0400. The lowest BCUT2D eigenvalue weighted by Crippen LogP contribution is -1.99. The van der Waals surface area contributed by atoms with Gasteiger partial charge in [0, 0.05) is 10.6 Å². The van der Waals surface area contributed by atoms with Gasteiger partial charge in [-0.3, -0.25) is 4.79 Å². The fourth-order valence-corrected chi connectivity index (χ4v) is 4.02. The summed E-state index contributed by atoms with van der Waals surface area (Å²) < 4.78 is 0. The van der Waals surface area contributed by atoms with E-state index in [1.807, 2.05) is 36.4 Å². The molecule has 1 amide bonds. The van der Waals surface area contributed by atoms with Crippen molar-refractivity contribution in [2.75, 3.05) is 0 Å². The minimum atomic E-state index is -0.371. The summed E-state index contributed by atoms with van der Waals surface area (Å²) in [7, 11) is 0. The summed E-state index contributed by atoms with van der Waals surface area (Å²) in [5.41, 5.74) is 6.81. The van der Waals surface area contributed by atoms with Gasteiger partial charge in [-0.2, -0.15) is 0 Å². The molecule has 0 fully saturated rings. The number of rotatable bonds is 3. The van der Waals surface area contributed by atoms with E-state index in [0.29, 0.717) is 27.6 Å². The van der Waals surface area contributed by atoms with Gasteiger partial charge in [0.1, 0.15) is 0 Å². The first kappa shape index (κ1) is 18.4. The van der Waals surface area contributed by atoms with E-state index in [-0.39, 0.29) is 11.8 Å². The van der Waals surface area contributed by atoms with Gasteiger partial charge in [0.2, 0.25) is 0 Å². The standard InChI is InChI=1S/C25H17ClN2O2/c1-14-4-2-3-5-19(14)15-6-8-16(9-7-15)22-20-21(25(30)27-22)23(28-24(20)29)17-10-12-18(26)13-11-17/h2-13,27,30H,1H3. The number of hydrogen-bond donors (Lipinski definition) is 2. The molecule has 5 rings (SSSR count). The third kappa shape index (κ3) is 2.93. The second-order valence-corrected chi connectivity index (χ2v) is 7.70. The van der Waals surface area contributed by atoms with Crippen LogP contribution in [-0.4, -0.2) is 21.7 Å². The Hall–Kier alpha value is -3.63. The van der Waals surface area contributed by atoms with Crippen LogP contribution in [0.5, 0.6) is 5.88 Å². The Morgan fingerprint density at radius 3 is 2.17 bits per heavy atom. The predicted molar refractivity (Wildman–Crippen MR) is 119 cm³/mol. The molecule has 0 unspecified atom stereocenters. The molecule has 0 aliphatic carbocycles. The normalized spacial score (nSPS) is 12.7. The molecule has 1 aromatic heterocycles. The van der Waals surface area contributed by atoms with Crippen molar-refractivity contribution < 1.29 is 9.90 Å². The number of nitrogens with zero attached hydrogens (tertiary/aromatic N) is 1. The molecule has 4 aromatic rings. The highest BCUT2D eigenvalue weighted by Gasteiger charge is 2.33. The maximum Gasteiger partial charge on any atom is 0.280 e. The first-order chi connectivity index (χ1) is 14.5. The van der Waals surface area contributed by atoms with Gasteiger partial charge >= 0.3 is 0 Å². The van der Waals surface area contributed by atoms with Gasteiger partial charge in [-0.05, 0) is 41.3 Å². The number of aliphatic imine (C=N–C) groups is 1. The van der Waals surface area contributed by atoms with E-state index < -0.39 is 0 Å². The molecule has 3 aromatic carbocycles. The maximum absolute atomic E-state index is 12.7. The molecule has 0 atom stereocenters. The van der Waals surface area contributed by atoms with Crippen molar-refractivity contribution in [1.82, 2.24) is 4.98 Å². The Kier molecular flexibility index (Phi) is 4.30. The van der Waals surface area contributed by atoms with Gasteiger partial charge < -0.3 is 10.1 Å². The zero-order valence-corrected chi connectivity index (χ0v) is 16.9. The van der Waals surface area contributed by atoms with Crippen LogP contribution in [0.25, 0.3) is 22.4 Å². The van der Waals surface area contributed by atoms with Crippen LogP contribution >= 0.6 is 11.6 Å². The minimum Gasteiger partial charge on any atom is -0.494 e. The Morgan fingerprint density at radius 2 is 1.47 bits per heavy atom. The van der Waals surface area contributed by atoms with E-state index in [9.17, 15) is 9.90 Å². The number of aryl methyl sites for hydroxylation is 1. The molecule has 2 heterocycles. The van der Waals surface area contributed by atoms with Crippen LogP contribution < -0.4 is 0 Å². The van der Waals surface area contributed by atoms with Gasteiger partial charge in [-0.25, -0.2) is 4.99 Å². The number of aromatic amines is 1. The van der Waals surface area contributed by atoms with Gasteiger partial charge in [0.15, 0.2) is 5.88 Å². The van der Waals surface area contributed by atoms with E-state index in [1.165, 1.54) is 5.56 Å². The summed E-state index contributed by atoms with van der Waals surface area (Å²) in [5.74, 6) is -0.438. The number of nitrogens with one attached hydrogen (secondary N) is 1. The van der Waals surface area contributed by atoms with Crippen molar-refractivity contribution in [3.05, 3.63) is 100 Å². The quantitative estimate of drug-likeness (QED) is 0.433. The summed E-state index contributed by atoms with van der Waals surface area (Å²) in [6.45, 7) is 2.08. The number of benzene rings is 3. The molecule has 1 aliphatic rings. The third-order valence-electron chi connectivity index (χ3n) is 5.39. The Balaban J connectivity index is 1.56. The molecule has 30 heavy (non-hydrogen) atoms. The number of carbonyl (C=O) groups is 1. The van der Waals surface area contributed by atoms with Crippen LogP contribution in [0.4, 0.5) is 0 Å². The van der Waals surface area contributed by atoms with Crippen molar-refractivity contribution in [1.29, 1.82) is 0 Å². The van der Waals surface area contributed by atoms with Crippen molar-refractivity contribution >= 4 is 23.2 Å². The highest BCUT2D eigenvalue weighted by atomic mass is 35.5. The lowest BCUT2D eigenvalue weighted by Gasteiger charge is -2.07. The molecular weight excluding hydrogens is 396 g/mol. The summed E-state index contributed by atoms with van der Waals surface area (Å²) in [6.07, 6.45) is 0. The van der Waals surface area contributed by atoms with E-state index in [0.717, 1.165) is 22.3 Å². The van der Waals surface area contributed by atoms with Crippen molar-refractivity contribution in [3.63, 3.8) is 0 Å². The van der Waals surface area contributed by atoms with Crippen LogP contribution in [0.15, 0.2) is 77.8 Å². The number of aromatic hydroxyl groups is 1. The zero-order chi connectivity index (χ0) is 20.8. The average Bonchev–Trinajstić information content (AvgIpc) is 3.28. The molecule has 5 heteroatoms. The topological polar surface area (TPSA) is 65.4 Å². The summed E-state index contributed by atoms with van der Waals surface area (Å²) in [5, 5.41) is 11.2. The van der Waals surface area contributed by atoms with Crippen LogP contribution in [0.3, 0.4) is 0 Å². The average molecular weight is 413 g/mol. The maximum atomic E-state index is 12.7. The Labute approximate surface area is 178 Å². The van der Waals surface area contributed by atoms with Crippen LogP contribution in [-0.2, 0) is 0 Å². The highest BCUT2D eigenvalue weighted by molar-refractivity contribution is 6.32. The van der Waals surface area contributed by atoms with E-state index in [1.54, 1.807) is 24.3 Å².